The minimum atomic E-state index is -0.668. The zero-order valence-corrected chi connectivity index (χ0v) is 11.9. The van der Waals surface area contributed by atoms with Gasteiger partial charge in [-0.15, -0.1) is 0 Å². The molecule has 4 atom stereocenters. The molecular formula is C15H24N2O3. The Morgan fingerprint density at radius 3 is 2.95 bits per heavy atom. The van der Waals surface area contributed by atoms with E-state index in [0.717, 1.165) is 25.7 Å². The number of rotatable bonds is 8. The van der Waals surface area contributed by atoms with Crippen LogP contribution < -0.4 is 11.1 Å². The van der Waals surface area contributed by atoms with E-state index in [0.29, 0.717) is 6.54 Å². The van der Waals surface area contributed by atoms with E-state index in [1.807, 2.05) is 19.1 Å². The first-order chi connectivity index (χ1) is 9.59. The van der Waals surface area contributed by atoms with Crippen molar-refractivity contribution in [3.63, 3.8) is 0 Å². The molecule has 2 rings (SSSR count). The van der Waals surface area contributed by atoms with E-state index in [1.165, 1.54) is 5.57 Å². The minimum Gasteiger partial charge on any atom is -0.366 e. The monoisotopic (exact) mass is 280 g/mol. The Bertz CT molecular complexity index is 406. The molecule has 0 aromatic carbocycles. The van der Waals surface area contributed by atoms with Crippen LogP contribution in [0.2, 0.25) is 0 Å². The van der Waals surface area contributed by atoms with Gasteiger partial charge in [0.05, 0.1) is 5.92 Å². The lowest BCUT2D eigenvalue weighted by atomic mass is 9.99. The maximum Gasteiger partial charge on any atom is 0.226 e. The van der Waals surface area contributed by atoms with Crippen LogP contribution in [0, 0.1) is 5.92 Å². The first-order valence-corrected chi connectivity index (χ1v) is 7.32. The fourth-order valence-corrected chi connectivity index (χ4v) is 2.42. The molecule has 0 radical (unpaired) electrons. The summed E-state index contributed by atoms with van der Waals surface area (Å²) in [6.45, 7) is 2.61. The van der Waals surface area contributed by atoms with Gasteiger partial charge in [0.2, 0.25) is 5.91 Å². The first kappa shape index (κ1) is 15.2. The van der Waals surface area contributed by atoms with E-state index in [4.69, 9.17) is 15.6 Å². The average Bonchev–Trinajstić information content (AvgIpc) is 2.94. The zero-order valence-electron chi connectivity index (χ0n) is 11.9. The number of carbonyl (C=O) groups excluding carboxylic acids is 1. The lowest BCUT2D eigenvalue weighted by Crippen LogP contribution is -2.31. The van der Waals surface area contributed by atoms with Crippen LogP contribution in [0.1, 0.15) is 32.6 Å². The molecule has 0 spiro atoms. The van der Waals surface area contributed by atoms with Gasteiger partial charge in [-0.3, -0.25) is 4.79 Å². The molecule has 0 saturated carbocycles. The number of aliphatic hydroxyl groups excluding tert-OH is 1. The van der Waals surface area contributed by atoms with Gasteiger partial charge in [0, 0.05) is 12.6 Å². The maximum atomic E-state index is 11.9. The Morgan fingerprint density at radius 2 is 2.35 bits per heavy atom. The summed E-state index contributed by atoms with van der Waals surface area (Å²) in [7, 11) is 0. The molecule has 2 aliphatic rings. The highest BCUT2D eigenvalue weighted by Gasteiger charge is 2.41. The number of unbranched alkanes of at least 4 members (excludes halogenated alkanes) is 1. The van der Waals surface area contributed by atoms with E-state index >= 15 is 0 Å². The van der Waals surface area contributed by atoms with Crippen molar-refractivity contribution in [1.82, 2.24) is 5.32 Å². The average molecular weight is 280 g/mol. The van der Waals surface area contributed by atoms with Crippen LogP contribution in [-0.2, 0) is 9.53 Å². The summed E-state index contributed by atoms with van der Waals surface area (Å²) in [4.78, 5) is 11.9. The number of carbonyl (C=O) groups is 1. The van der Waals surface area contributed by atoms with Gasteiger partial charge in [0.25, 0.3) is 0 Å². The number of aliphatic hydroxyl groups is 1. The van der Waals surface area contributed by atoms with Gasteiger partial charge >= 0.3 is 0 Å². The summed E-state index contributed by atoms with van der Waals surface area (Å²) < 4.78 is 4.91. The number of hydrogen-bond acceptors (Lipinski definition) is 4. The molecule has 5 nitrogen and oxygen atoms in total. The van der Waals surface area contributed by atoms with E-state index in [1.54, 1.807) is 0 Å². The summed E-state index contributed by atoms with van der Waals surface area (Å²) in [6, 6.07) is -0.102. The molecule has 1 aliphatic carbocycles. The van der Waals surface area contributed by atoms with E-state index in [-0.39, 0.29) is 24.0 Å². The van der Waals surface area contributed by atoms with Gasteiger partial charge < -0.3 is 20.9 Å². The second-order valence-corrected chi connectivity index (χ2v) is 5.54. The highest BCUT2D eigenvalue weighted by Crippen LogP contribution is 2.24. The van der Waals surface area contributed by atoms with Gasteiger partial charge in [0.15, 0.2) is 6.29 Å². The number of ether oxygens (including phenoxy) is 1. The highest BCUT2D eigenvalue weighted by molar-refractivity contribution is 5.81. The van der Waals surface area contributed by atoms with Gasteiger partial charge in [-0.25, -0.2) is 0 Å². The fourth-order valence-electron chi connectivity index (χ4n) is 2.42. The second kappa shape index (κ2) is 7.02. The van der Waals surface area contributed by atoms with Crippen molar-refractivity contribution in [1.29, 1.82) is 0 Å². The van der Waals surface area contributed by atoms with Crippen LogP contribution >= 0.6 is 0 Å². The normalized spacial score (nSPS) is 27.1. The van der Waals surface area contributed by atoms with Crippen molar-refractivity contribution < 1.29 is 14.6 Å². The standard InChI is InChI=1S/C15H24N2O3/c1-10(11-6-2-3-7-11)14(18)17-9-5-4-8-12(16)13-15(19)20-13/h2-3,6,10,12-13,15,19H,4-5,7-9,16H2,1H3,(H,17,18)/t10?,12-,13?,15?/m0/s1. The molecule has 112 valence electrons. The summed E-state index contributed by atoms with van der Waals surface area (Å²) in [5.74, 6) is 0.0347. The van der Waals surface area contributed by atoms with Crippen molar-refractivity contribution in [2.45, 2.75) is 51.0 Å². The van der Waals surface area contributed by atoms with Crippen molar-refractivity contribution in [2.75, 3.05) is 6.54 Å². The van der Waals surface area contributed by atoms with E-state index in [9.17, 15) is 4.79 Å². The van der Waals surface area contributed by atoms with Crippen molar-refractivity contribution in [3.8, 4) is 0 Å². The second-order valence-electron chi connectivity index (χ2n) is 5.54. The van der Waals surface area contributed by atoms with Gasteiger partial charge in [-0.1, -0.05) is 30.2 Å². The summed E-state index contributed by atoms with van der Waals surface area (Å²) in [5.41, 5.74) is 7.03. The molecule has 20 heavy (non-hydrogen) atoms. The molecule has 1 aliphatic heterocycles. The van der Waals surface area contributed by atoms with Crippen LogP contribution in [0.4, 0.5) is 0 Å². The molecule has 5 heteroatoms. The Kier molecular flexibility index (Phi) is 5.34. The van der Waals surface area contributed by atoms with E-state index in [2.05, 4.69) is 11.4 Å². The fraction of sp³-hybridized carbons (Fsp3) is 0.667. The minimum absolute atomic E-state index is 0.0535. The first-order valence-electron chi connectivity index (χ1n) is 7.32. The SMILES string of the molecule is CC(C(=O)NCCCC[C@H](N)C1OC1O)C1=CC=CC1. The van der Waals surface area contributed by atoms with E-state index < -0.39 is 6.29 Å². The number of amides is 1. The predicted octanol–water partition coefficient (Wildman–Crippen LogP) is 0.840. The predicted molar refractivity (Wildman–Crippen MR) is 76.7 cm³/mol. The lowest BCUT2D eigenvalue weighted by Gasteiger charge is -2.13. The van der Waals surface area contributed by atoms with Crippen LogP contribution in [0.25, 0.3) is 0 Å². The van der Waals surface area contributed by atoms with Crippen molar-refractivity contribution >= 4 is 5.91 Å². The number of allylic oxidation sites excluding steroid dienone is 3. The molecule has 1 amide bonds. The molecule has 3 unspecified atom stereocenters. The lowest BCUT2D eigenvalue weighted by molar-refractivity contribution is -0.123. The maximum absolute atomic E-state index is 11.9. The number of hydrogen-bond donors (Lipinski definition) is 3. The molecule has 0 bridgehead atoms. The molecule has 0 aromatic rings. The third-order valence-corrected chi connectivity index (χ3v) is 3.94. The smallest absolute Gasteiger partial charge is 0.226 e. The van der Waals surface area contributed by atoms with Crippen molar-refractivity contribution in [3.05, 3.63) is 23.8 Å². The van der Waals surface area contributed by atoms with Crippen molar-refractivity contribution in [2.24, 2.45) is 11.7 Å². The Labute approximate surface area is 119 Å². The largest absolute Gasteiger partial charge is 0.366 e. The van der Waals surface area contributed by atoms with Gasteiger partial charge in [-0.2, -0.15) is 0 Å². The molecule has 1 fully saturated rings. The number of epoxide rings is 1. The third kappa shape index (κ3) is 4.16. The third-order valence-electron chi connectivity index (χ3n) is 3.94. The highest BCUT2D eigenvalue weighted by atomic mass is 16.7. The molecule has 1 heterocycles. The zero-order chi connectivity index (χ0) is 14.5. The molecule has 4 N–H and O–H groups in total. The summed E-state index contributed by atoms with van der Waals surface area (Å²) >= 11 is 0. The Balaban J connectivity index is 1.53. The molecular weight excluding hydrogens is 256 g/mol. The summed E-state index contributed by atoms with van der Waals surface area (Å²) in [6.07, 6.45) is 8.73. The Morgan fingerprint density at radius 1 is 1.60 bits per heavy atom. The van der Waals surface area contributed by atoms with Gasteiger partial charge in [0.1, 0.15) is 6.10 Å². The van der Waals surface area contributed by atoms with Crippen LogP contribution in [0.5, 0.6) is 0 Å². The summed E-state index contributed by atoms with van der Waals surface area (Å²) in [5, 5.41) is 12.0. The molecule has 1 saturated heterocycles. The quantitative estimate of drug-likeness (QED) is 0.454. The van der Waals surface area contributed by atoms with Crippen LogP contribution in [-0.4, -0.2) is 36.0 Å². The Hall–Kier alpha value is -1.17. The van der Waals surface area contributed by atoms with Crippen LogP contribution in [0.15, 0.2) is 23.8 Å². The number of nitrogens with one attached hydrogen (secondary N) is 1. The number of nitrogens with two attached hydrogens (primary N) is 1. The molecule has 0 aromatic heterocycles. The van der Waals surface area contributed by atoms with Crippen LogP contribution in [0.3, 0.4) is 0 Å². The topological polar surface area (TPSA) is 87.9 Å². The van der Waals surface area contributed by atoms with Gasteiger partial charge in [-0.05, 0) is 26.2 Å².